The Hall–Kier alpha value is -3.31. The number of nitrogens with one attached hydrogen (secondary N) is 1. The van der Waals surface area contributed by atoms with Crippen LogP contribution in [0.2, 0.25) is 0 Å². The number of nitrogens with zero attached hydrogens (tertiary/aromatic N) is 2. The van der Waals surface area contributed by atoms with Crippen molar-refractivity contribution in [2.24, 2.45) is 0 Å². The van der Waals surface area contributed by atoms with Crippen LogP contribution in [0, 0.1) is 6.92 Å². The summed E-state index contributed by atoms with van der Waals surface area (Å²) in [6.45, 7) is 2.40. The first-order valence-electron chi connectivity index (χ1n) is 8.98. The maximum atomic E-state index is 12.6. The number of benzene rings is 2. The fourth-order valence-corrected chi connectivity index (χ4v) is 3.60. The largest absolute Gasteiger partial charge is 0.346 e. The van der Waals surface area contributed by atoms with Crippen LogP contribution in [-0.2, 0) is 6.54 Å². The van der Waals surface area contributed by atoms with E-state index in [-0.39, 0.29) is 5.91 Å². The van der Waals surface area contributed by atoms with Crippen molar-refractivity contribution in [1.82, 2.24) is 15.3 Å². The highest BCUT2D eigenvalue weighted by Crippen LogP contribution is 2.23. The maximum absolute atomic E-state index is 12.6. The number of hydrogen-bond acceptors (Lipinski definition) is 4. The Labute approximate surface area is 167 Å². The average molecular weight is 385 g/mol. The minimum Gasteiger partial charge on any atom is -0.346 e. The second kappa shape index (κ2) is 8.15. The number of hydrogen-bond donors (Lipinski definition) is 1. The van der Waals surface area contributed by atoms with Gasteiger partial charge in [0, 0.05) is 28.9 Å². The fraction of sp³-hybridized carbons (Fsp3) is 0.0870. The van der Waals surface area contributed by atoms with Crippen molar-refractivity contribution >= 4 is 17.2 Å². The van der Waals surface area contributed by atoms with Crippen LogP contribution < -0.4 is 5.32 Å². The number of aryl methyl sites for hydroxylation is 1. The topological polar surface area (TPSA) is 54.9 Å². The van der Waals surface area contributed by atoms with Gasteiger partial charge in [0.05, 0.1) is 17.9 Å². The molecule has 0 unspecified atom stereocenters. The van der Waals surface area contributed by atoms with Crippen LogP contribution in [0.25, 0.3) is 22.4 Å². The van der Waals surface area contributed by atoms with E-state index in [2.05, 4.69) is 46.5 Å². The number of amides is 1. The summed E-state index contributed by atoms with van der Waals surface area (Å²) in [4.78, 5) is 21.4. The number of thiophene rings is 1. The van der Waals surface area contributed by atoms with E-state index in [9.17, 15) is 4.79 Å². The first kappa shape index (κ1) is 18.1. The van der Waals surface area contributed by atoms with E-state index in [1.54, 1.807) is 23.7 Å². The van der Waals surface area contributed by atoms with Gasteiger partial charge in [-0.3, -0.25) is 14.8 Å². The quantitative estimate of drug-likeness (QED) is 0.519. The van der Waals surface area contributed by atoms with Crippen molar-refractivity contribution in [3.05, 3.63) is 94.6 Å². The van der Waals surface area contributed by atoms with Crippen LogP contribution in [0.3, 0.4) is 0 Å². The third-order valence-corrected chi connectivity index (χ3v) is 5.20. The smallest absolute Gasteiger partial charge is 0.251 e. The lowest BCUT2D eigenvalue weighted by atomic mass is 10.0. The van der Waals surface area contributed by atoms with Gasteiger partial charge in [-0.1, -0.05) is 42.0 Å². The van der Waals surface area contributed by atoms with Gasteiger partial charge in [0.1, 0.15) is 0 Å². The predicted molar refractivity (Wildman–Crippen MR) is 113 cm³/mol. The predicted octanol–water partition coefficient (Wildman–Crippen LogP) is 5.11. The normalized spacial score (nSPS) is 10.6. The molecule has 0 spiro atoms. The minimum atomic E-state index is -0.127. The van der Waals surface area contributed by atoms with Crippen LogP contribution in [0.5, 0.6) is 0 Å². The Kier molecular flexibility index (Phi) is 5.26. The number of carbonyl (C=O) groups is 1. The molecule has 4 rings (SSSR count). The number of carbonyl (C=O) groups excluding carboxylic acids is 1. The van der Waals surface area contributed by atoms with Gasteiger partial charge in [0.25, 0.3) is 5.91 Å². The monoisotopic (exact) mass is 385 g/mol. The minimum absolute atomic E-state index is 0.127. The van der Waals surface area contributed by atoms with E-state index < -0.39 is 0 Å². The molecule has 1 N–H and O–H groups in total. The summed E-state index contributed by atoms with van der Waals surface area (Å²) in [6, 6.07) is 18.0. The van der Waals surface area contributed by atoms with Crippen LogP contribution in [0.15, 0.2) is 77.8 Å². The molecule has 0 radical (unpaired) electrons. The molecule has 4 aromatic rings. The molecule has 0 saturated carbocycles. The zero-order valence-corrected chi connectivity index (χ0v) is 16.2. The van der Waals surface area contributed by atoms with E-state index in [0.717, 1.165) is 28.1 Å². The Morgan fingerprint density at radius 3 is 2.25 bits per heavy atom. The standard InChI is InChI=1S/C23H19N3OS/c1-16-2-4-17(5-3-16)18-6-8-19(9-7-18)23(27)26-14-21-22(25-12-11-24-21)20-10-13-28-15-20/h2-13,15H,14H2,1H3,(H,26,27). The summed E-state index contributed by atoms with van der Waals surface area (Å²) in [5, 5.41) is 6.98. The summed E-state index contributed by atoms with van der Waals surface area (Å²) in [5.74, 6) is -0.127. The van der Waals surface area contributed by atoms with Crippen LogP contribution >= 0.6 is 11.3 Å². The van der Waals surface area contributed by atoms with E-state index in [0.29, 0.717) is 12.1 Å². The summed E-state index contributed by atoms with van der Waals surface area (Å²) in [5.41, 5.74) is 6.65. The molecule has 0 atom stereocenters. The molecular formula is C23H19N3OS. The van der Waals surface area contributed by atoms with Crippen LogP contribution in [0.4, 0.5) is 0 Å². The van der Waals surface area contributed by atoms with Crippen molar-refractivity contribution in [3.63, 3.8) is 0 Å². The van der Waals surface area contributed by atoms with Crippen molar-refractivity contribution in [2.75, 3.05) is 0 Å². The maximum Gasteiger partial charge on any atom is 0.251 e. The van der Waals surface area contributed by atoms with Gasteiger partial charge in [-0.15, -0.1) is 0 Å². The first-order chi connectivity index (χ1) is 13.7. The molecule has 4 nitrogen and oxygen atoms in total. The first-order valence-corrected chi connectivity index (χ1v) is 9.93. The fourth-order valence-electron chi connectivity index (χ4n) is 2.96. The summed E-state index contributed by atoms with van der Waals surface area (Å²) in [7, 11) is 0. The highest BCUT2D eigenvalue weighted by Gasteiger charge is 2.11. The molecular weight excluding hydrogens is 366 g/mol. The molecule has 0 aliphatic heterocycles. The van der Waals surface area contributed by atoms with Crippen molar-refractivity contribution in [1.29, 1.82) is 0 Å². The SMILES string of the molecule is Cc1ccc(-c2ccc(C(=O)NCc3nccnc3-c3ccsc3)cc2)cc1. The molecule has 0 saturated heterocycles. The van der Waals surface area contributed by atoms with Crippen LogP contribution in [-0.4, -0.2) is 15.9 Å². The lowest BCUT2D eigenvalue weighted by Gasteiger charge is -2.09. The molecule has 5 heteroatoms. The highest BCUT2D eigenvalue weighted by atomic mass is 32.1. The van der Waals surface area contributed by atoms with Gasteiger partial charge in [-0.25, -0.2) is 0 Å². The Morgan fingerprint density at radius 1 is 0.893 bits per heavy atom. The lowest BCUT2D eigenvalue weighted by molar-refractivity contribution is 0.0950. The van der Waals surface area contributed by atoms with Gasteiger partial charge in [-0.2, -0.15) is 11.3 Å². The van der Waals surface area contributed by atoms with E-state index >= 15 is 0 Å². The molecule has 0 aliphatic carbocycles. The van der Waals surface area contributed by atoms with Gasteiger partial charge in [-0.05, 0) is 41.6 Å². The Balaban J connectivity index is 1.46. The summed E-state index contributed by atoms with van der Waals surface area (Å²) >= 11 is 1.61. The van der Waals surface area contributed by atoms with E-state index in [1.165, 1.54) is 5.56 Å². The van der Waals surface area contributed by atoms with Gasteiger partial charge in [0.15, 0.2) is 0 Å². The van der Waals surface area contributed by atoms with Crippen molar-refractivity contribution in [2.45, 2.75) is 13.5 Å². The number of rotatable bonds is 5. The van der Waals surface area contributed by atoms with E-state index in [4.69, 9.17) is 0 Å². The van der Waals surface area contributed by atoms with Gasteiger partial charge in [0.2, 0.25) is 0 Å². The highest BCUT2D eigenvalue weighted by molar-refractivity contribution is 7.08. The molecule has 0 bridgehead atoms. The van der Waals surface area contributed by atoms with Crippen molar-refractivity contribution in [3.8, 4) is 22.4 Å². The molecule has 0 fully saturated rings. The third-order valence-electron chi connectivity index (χ3n) is 4.52. The van der Waals surface area contributed by atoms with E-state index in [1.807, 2.05) is 41.1 Å². The molecule has 0 aliphatic rings. The molecule has 1 amide bonds. The number of aromatic nitrogens is 2. The lowest BCUT2D eigenvalue weighted by Crippen LogP contribution is -2.23. The van der Waals surface area contributed by atoms with Crippen molar-refractivity contribution < 1.29 is 4.79 Å². The second-order valence-corrected chi connectivity index (χ2v) is 7.27. The molecule has 2 aromatic carbocycles. The molecule has 138 valence electrons. The Bertz CT molecular complexity index is 1070. The second-order valence-electron chi connectivity index (χ2n) is 6.49. The molecule has 28 heavy (non-hydrogen) atoms. The molecule has 2 aromatic heterocycles. The van der Waals surface area contributed by atoms with Gasteiger partial charge < -0.3 is 5.32 Å². The summed E-state index contributed by atoms with van der Waals surface area (Å²) < 4.78 is 0. The average Bonchev–Trinajstić information content (AvgIpc) is 3.28. The van der Waals surface area contributed by atoms with Gasteiger partial charge >= 0.3 is 0 Å². The zero-order chi connectivity index (χ0) is 19.3. The zero-order valence-electron chi connectivity index (χ0n) is 15.4. The summed E-state index contributed by atoms with van der Waals surface area (Å²) in [6.07, 6.45) is 3.32. The third kappa shape index (κ3) is 4.00. The Morgan fingerprint density at radius 2 is 1.57 bits per heavy atom. The van der Waals surface area contributed by atoms with Crippen LogP contribution in [0.1, 0.15) is 21.6 Å². The molecule has 2 heterocycles.